The predicted octanol–water partition coefficient (Wildman–Crippen LogP) is 4.37. The molecule has 4 rings (SSSR count). The van der Waals surface area contributed by atoms with E-state index in [2.05, 4.69) is 29.6 Å². The molecule has 0 aromatic heterocycles. The van der Waals surface area contributed by atoms with Crippen molar-refractivity contribution in [2.24, 2.45) is 0 Å². The van der Waals surface area contributed by atoms with Crippen molar-refractivity contribution in [2.75, 3.05) is 18.4 Å². The number of amides is 2. The second kappa shape index (κ2) is 10.9. The average Bonchev–Trinajstić information content (AvgIpc) is 2.85. The lowest BCUT2D eigenvalue weighted by atomic mass is 9.88. The van der Waals surface area contributed by atoms with Crippen LogP contribution >= 0.6 is 0 Å². The maximum Gasteiger partial charge on any atom is 0.226 e. The molecule has 1 fully saturated rings. The number of nitrogens with zero attached hydrogens (tertiary/aromatic N) is 1. The van der Waals surface area contributed by atoms with E-state index in [0.717, 1.165) is 22.4 Å². The van der Waals surface area contributed by atoms with Crippen LogP contribution in [0, 0.1) is 0 Å². The number of hydrogen-bond donors (Lipinski definition) is 2. The van der Waals surface area contributed by atoms with Crippen molar-refractivity contribution in [1.29, 1.82) is 0 Å². The van der Waals surface area contributed by atoms with E-state index in [0.29, 0.717) is 38.8 Å². The summed E-state index contributed by atoms with van der Waals surface area (Å²) >= 11 is 0. The molecule has 0 radical (unpaired) electrons. The van der Waals surface area contributed by atoms with E-state index in [4.69, 9.17) is 0 Å². The molecule has 1 aliphatic rings. The number of aliphatic hydroxyl groups is 1. The van der Waals surface area contributed by atoms with Gasteiger partial charge in [-0.3, -0.25) is 9.59 Å². The van der Waals surface area contributed by atoms with Crippen LogP contribution in [0.2, 0.25) is 0 Å². The minimum absolute atomic E-state index is 0.0210. The molecule has 1 aliphatic heterocycles. The van der Waals surface area contributed by atoms with E-state index in [1.165, 1.54) is 0 Å². The van der Waals surface area contributed by atoms with Crippen LogP contribution in [0.3, 0.4) is 0 Å². The van der Waals surface area contributed by atoms with Gasteiger partial charge in [0.2, 0.25) is 11.8 Å². The van der Waals surface area contributed by atoms with Gasteiger partial charge in [0.05, 0.1) is 12.5 Å². The number of nitrogens with one attached hydrogen (secondary N) is 1. The quantitative estimate of drug-likeness (QED) is 0.571. The van der Waals surface area contributed by atoms with E-state index in [1.54, 1.807) is 0 Å². The smallest absolute Gasteiger partial charge is 0.226 e. The molecule has 33 heavy (non-hydrogen) atoms. The largest absolute Gasteiger partial charge is 0.393 e. The van der Waals surface area contributed by atoms with Crippen LogP contribution in [-0.4, -0.2) is 41.0 Å². The number of hydrogen-bond acceptors (Lipinski definition) is 3. The molecule has 0 saturated carbocycles. The monoisotopic (exact) mass is 442 g/mol. The van der Waals surface area contributed by atoms with Gasteiger partial charge in [0.15, 0.2) is 0 Å². The zero-order valence-corrected chi connectivity index (χ0v) is 18.7. The number of carbonyl (C=O) groups excluding carboxylic acids is 2. The molecule has 5 heteroatoms. The lowest BCUT2D eigenvalue weighted by molar-refractivity contribution is -0.132. The van der Waals surface area contributed by atoms with Crippen molar-refractivity contribution in [3.8, 4) is 0 Å². The highest BCUT2D eigenvalue weighted by Gasteiger charge is 2.21. The summed E-state index contributed by atoms with van der Waals surface area (Å²) in [6.07, 6.45) is 1.66. The Morgan fingerprint density at radius 2 is 1.39 bits per heavy atom. The van der Waals surface area contributed by atoms with Crippen molar-refractivity contribution in [1.82, 2.24) is 4.90 Å². The van der Waals surface area contributed by atoms with E-state index < -0.39 is 0 Å². The highest BCUT2D eigenvalue weighted by Crippen LogP contribution is 2.28. The van der Waals surface area contributed by atoms with Gasteiger partial charge in [-0.05, 0) is 41.7 Å². The fourth-order valence-electron chi connectivity index (χ4n) is 4.30. The molecule has 0 bridgehead atoms. The third kappa shape index (κ3) is 6.30. The van der Waals surface area contributed by atoms with Gasteiger partial charge >= 0.3 is 0 Å². The van der Waals surface area contributed by atoms with E-state index >= 15 is 0 Å². The average molecular weight is 443 g/mol. The van der Waals surface area contributed by atoms with Gasteiger partial charge in [0.25, 0.3) is 0 Å². The molecule has 2 N–H and O–H groups in total. The predicted molar refractivity (Wildman–Crippen MR) is 130 cm³/mol. The summed E-state index contributed by atoms with van der Waals surface area (Å²) in [5.41, 5.74) is 3.85. The third-order valence-electron chi connectivity index (χ3n) is 6.20. The Labute approximate surface area is 195 Å². The fraction of sp³-hybridized carbons (Fsp3) is 0.286. The number of likely N-dealkylation sites (tertiary alicyclic amines) is 1. The van der Waals surface area contributed by atoms with E-state index in [1.807, 2.05) is 65.6 Å². The van der Waals surface area contributed by atoms with Gasteiger partial charge in [-0.15, -0.1) is 0 Å². The Hall–Kier alpha value is -3.44. The van der Waals surface area contributed by atoms with Crippen molar-refractivity contribution >= 4 is 17.5 Å². The van der Waals surface area contributed by atoms with Crippen LogP contribution in [0.1, 0.15) is 41.9 Å². The van der Waals surface area contributed by atoms with Crippen LogP contribution in [0.4, 0.5) is 5.69 Å². The highest BCUT2D eigenvalue weighted by molar-refractivity contribution is 5.91. The second-order valence-electron chi connectivity index (χ2n) is 8.61. The van der Waals surface area contributed by atoms with Crippen LogP contribution in [0.5, 0.6) is 0 Å². The Balaban J connectivity index is 1.36. The first kappa shape index (κ1) is 22.7. The first-order chi connectivity index (χ1) is 16.1. The number of piperidine rings is 1. The van der Waals surface area contributed by atoms with Crippen molar-refractivity contribution in [2.45, 2.75) is 37.7 Å². The molecule has 0 unspecified atom stereocenters. The summed E-state index contributed by atoms with van der Waals surface area (Å²) in [5.74, 6) is 0.00279. The Morgan fingerprint density at radius 1 is 0.848 bits per heavy atom. The summed E-state index contributed by atoms with van der Waals surface area (Å²) in [4.78, 5) is 27.2. The number of aliphatic hydroxyl groups excluding tert-OH is 1. The van der Waals surface area contributed by atoms with Gasteiger partial charge in [-0.25, -0.2) is 0 Å². The third-order valence-corrected chi connectivity index (χ3v) is 6.20. The summed E-state index contributed by atoms with van der Waals surface area (Å²) in [6.45, 7) is 1.22. The maximum atomic E-state index is 12.9. The first-order valence-electron chi connectivity index (χ1n) is 11.5. The molecule has 1 saturated heterocycles. The van der Waals surface area contributed by atoms with Crippen LogP contribution < -0.4 is 5.32 Å². The highest BCUT2D eigenvalue weighted by atomic mass is 16.3. The van der Waals surface area contributed by atoms with Crippen LogP contribution in [0.15, 0.2) is 84.9 Å². The van der Waals surface area contributed by atoms with Gasteiger partial charge in [0.1, 0.15) is 0 Å². The lowest BCUT2D eigenvalue weighted by Crippen LogP contribution is -2.40. The zero-order valence-electron chi connectivity index (χ0n) is 18.7. The van der Waals surface area contributed by atoms with Crippen LogP contribution in [0.25, 0.3) is 0 Å². The summed E-state index contributed by atoms with van der Waals surface area (Å²) < 4.78 is 0. The van der Waals surface area contributed by atoms with Gasteiger partial charge in [-0.2, -0.15) is 0 Å². The van der Waals surface area contributed by atoms with Crippen molar-refractivity contribution in [3.63, 3.8) is 0 Å². The van der Waals surface area contributed by atoms with Gasteiger partial charge in [0, 0.05) is 31.1 Å². The SMILES string of the molecule is O=C(CC(c1ccccc1)c1ccccc1)Nc1ccc(CC(=O)N2CCC(O)CC2)cc1. The number of rotatable bonds is 7. The van der Waals surface area contributed by atoms with Crippen molar-refractivity contribution in [3.05, 3.63) is 102 Å². The minimum Gasteiger partial charge on any atom is -0.393 e. The number of anilines is 1. The number of benzene rings is 3. The number of carbonyl (C=O) groups is 2. The molecular weight excluding hydrogens is 412 g/mol. The zero-order chi connectivity index (χ0) is 23.0. The van der Waals surface area contributed by atoms with Gasteiger partial charge in [-0.1, -0.05) is 72.8 Å². The summed E-state index contributed by atoms with van der Waals surface area (Å²) in [5, 5.41) is 12.6. The molecule has 0 spiro atoms. The Kier molecular flexibility index (Phi) is 7.53. The van der Waals surface area contributed by atoms with Gasteiger partial charge < -0.3 is 15.3 Å². The fourth-order valence-corrected chi connectivity index (χ4v) is 4.30. The topological polar surface area (TPSA) is 69.6 Å². The maximum absolute atomic E-state index is 12.9. The summed E-state index contributed by atoms with van der Waals surface area (Å²) in [6, 6.07) is 27.6. The van der Waals surface area contributed by atoms with E-state index in [9.17, 15) is 14.7 Å². The molecule has 2 amide bonds. The molecule has 0 atom stereocenters. The van der Waals surface area contributed by atoms with E-state index in [-0.39, 0.29) is 23.8 Å². The Bertz CT molecular complexity index is 1000. The molecule has 3 aromatic rings. The molecule has 5 nitrogen and oxygen atoms in total. The first-order valence-corrected chi connectivity index (χ1v) is 11.5. The second-order valence-corrected chi connectivity index (χ2v) is 8.61. The van der Waals surface area contributed by atoms with Crippen molar-refractivity contribution < 1.29 is 14.7 Å². The molecule has 1 heterocycles. The molecule has 3 aromatic carbocycles. The standard InChI is InChI=1S/C28H30N2O3/c31-25-15-17-30(18-16-25)28(33)19-21-11-13-24(14-12-21)29-27(32)20-26(22-7-3-1-4-8-22)23-9-5-2-6-10-23/h1-14,25-26,31H,15-20H2,(H,29,32). The Morgan fingerprint density at radius 3 is 1.94 bits per heavy atom. The molecular formula is C28H30N2O3. The molecule has 170 valence electrons. The lowest BCUT2D eigenvalue weighted by Gasteiger charge is -2.29. The minimum atomic E-state index is -0.291. The molecule has 0 aliphatic carbocycles. The normalized spacial score (nSPS) is 14.3. The summed E-state index contributed by atoms with van der Waals surface area (Å²) in [7, 11) is 0. The van der Waals surface area contributed by atoms with Crippen LogP contribution in [-0.2, 0) is 16.0 Å².